The molecule has 1 aromatic carbocycles. The number of benzene rings is 1. The molecule has 0 saturated carbocycles. The van der Waals surface area contributed by atoms with Crippen molar-refractivity contribution < 1.29 is 22.8 Å². The molecule has 0 saturated heterocycles. The lowest BCUT2D eigenvalue weighted by Gasteiger charge is -2.13. The lowest BCUT2D eigenvalue weighted by atomic mass is 10.1. The highest BCUT2D eigenvalue weighted by molar-refractivity contribution is 7.98. The Morgan fingerprint density at radius 1 is 1.17 bits per heavy atom. The Labute approximate surface area is 173 Å². The fraction of sp³-hybridized carbons (Fsp3) is 0.278. The predicted octanol–water partition coefficient (Wildman–Crippen LogP) is 2.29. The third kappa shape index (κ3) is 5.47. The highest BCUT2D eigenvalue weighted by Crippen LogP contribution is 2.23. The number of amides is 2. The van der Waals surface area contributed by atoms with Crippen molar-refractivity contribution in [3.05, 3.63) is 53.5 Å². The van der Waals surface area contributed by atoms with Crippen LogP contribution in [0, 0.1) is 0 Å². The molecule has 2 amide bonds. The van der Waals surface area contributed by atoms with Crippen LogP contribution in [-0.2, 0) is 5.75 Å². The van der Waals surface area contributed by atoms with E-state index in [0.717, 1.165) is 0 Å². The Balaban J connectivity index is 1.49. The zero-order valence-corrected chi connectivity index (χ0v) is 16.3. The van der Waals surface area contributed by atoms with Crippen molar-refractivity contribution in [1.82, 2.24) is 14.9 Å². The summed E-state index contributed by atoms with van der Waals surface area (Å²) in [6, 6.07) is 8.11. The van der Waals surface area contributed by atoms with Crippen LogP contribution in [-0.4, -0.2) is 57.7 Å². The van der Waals surface area contributed by atoms with Crippen molar-refractivity contribution in [2.45, 2.75) is 11.9 Å². The van der Waals surface area contributed by atoms with Gasteiger partial charge in [0.25, 0.3) is 11.8 Å². The first kappa shape index (κ1) is 21.6. The third-order valence-electron chi connectivity index (χ3n) is 3.96. The van der Waals surface area contributed by atoms with Gasteiger partial charge in [-0.15, -0.1) is 0 Å². The van der Waals surface area contributed by atoms with Gasteiger partial charge in [0, 0.05) is 18.5 Å². The molecule has 158 valence electrons. The number of rotatable bonds is 7. The van der Waals surface area contributed by atoms with Crippen molar-refractivity contribution in [3.8, 4) is 0 Å². The molecule has 12 heteroatoms. The summed E-state index contributed by atoms with van der Waals surface area (Å²) in [5.74, 6) is 0.440. The maximum Gasteiger partial charge on any atom is 0.408 e. The van der Waals surface area contributed by atoms with E-state index in [0.29, 0.717) is 28.5 Å². The van der Waals surface area contributed by atoms with E-state index < -0.39 is 18.7 Å². The molecule has 0 spiro atoms. The van der Waals surface area contributed by atoms with E-state index in [2.05, 4.69) is 20.3 Å². The number of guanidine groups is 1. The number of hydrogen-bond donors (Lipinski definition) is 2. The molecule has 1 aromatic heterocycles. The van der Waals surface area contributed by atoms with E-state index in [4.69, 9.17) is 5.73 Å². The van der Waals surface area contributed by atoms with Gasteiger partial charge in [-0.25, -0.2) is 15.0 Å². The number of imide groups is 1. The second kappa shape index (κ2) is 9.11. The summed E-state index contributed by atoms with van der Waals surface area (Å²) < 4.78 is 36.5. The summed E-state index contributed by atoms with van der Waals surface area (Å²) in [6.07, 6.45) is -3.01. The van der Waals surface area contributed by atoms with Crippen molar-refractivity contribution >= 4 is 35.4 Å². The highest BCUT2D eigenvalue weighted by atomic mass is 32.2. The standard InChI is InChI=1S/C18H17F3N6O2S/c19-18(20,21)10-24-17(22)26-13-5-6-23-14(25-13)9-30-8-7-27-15(28)11-3-1-2-4-12(11)16(27)29/h1-6H,7-10H2,(H3,22,23,24,25,26). The van der Waals surface area contributed by atoms with Gasteiger partial charge in [-0.3, -0.25) is 14.5 Å². The smallest absolute Gasteiger partial charge is 0.370 e. The second-order valence-electron chi connectivity index (χ2n) is 6.16. The molecule has 0 unspecified atom stereocenters. The van der Waals surface area contributed by atoms with E-state index in [1.165, 1.54) is 28.9 Å². The highest BCUT2D eigenvalue weighted by Gasteiger charge is 2.34. The zero-order chi connectivity index (χ0) is 21.7. The molecule has 2 aromatic rings. The number of hydrogen-bond acceptors (Lipinski definition) is 6. The molecule has 30 heavy (non-hydrogen) atoms. The van der Waals surface area contributed by atoms with Gasteiger partial charge in [-0.1, -0.05) is 12.1 Å². The Hall–Kier alpha value is -3.15. The monoisotopic (exact) mass is 438 g/mol. The van der Waals surface area contributed by atoms with Gasteiger partial charge >= 0.3 is 6.18 Å². The molecule has 3 N–H and O–H groups in total. The fourth-order valence-electron chi connectivity index (χ4n) is 2.65. The van der Waals surface area contributed by atoms with Gasteiger partial charge in [0.05, 0.1) is 16.9 Å². The maximum absolute atomic E-state index is 12.3. The molecule has 0 bridgehead atoms. The normalized spacial score (nSPS) is 14.2. The van der Waals surface area contributed by atoms with E-state index in [-0.39, 0.29) is 24.2 Å². The molecule has 2 heterocycles. The Bertz CT molecular complexity index is 947. The lowest BCUT2D eigenvalue weighted by molar-refractivity contribution is -0.118. The minimum atomic E-state index is -4.45. The lowest BCUT2D eigenvalue weighted by Crippen LogP contribution is -2.31. The van der Waals surface area contributed by atoms with Gasteiger partial charge in [0.1, 0.15) is 18.2 Å². The van der Waals surface area contributed by atoms with Crippen molar-refractivity contribution in [3.63, 3.8) is 0 Å². The largest absolute Gasteiger partial charge is 0.408 e. The van der Waals surface area contributed by atoms with Crippen molar-refractivity contribution in [2.75, 3.05) is 24.2 Å². The van der Waals surface area contributed by atoms with Crippen LogP contribution < -0.4 is 11.1 Å². The topological polar surface area (TPSA) is 114 Å². The Morgan fingerprint density at radius 2 is 1.83 bits per heavy atom. The number of carbonyl (C=O) groups is 2. The van der Waals surface area contributed by atoms with Gasteiger partial charge < -0.3 is 11.1 Å². The number of anilines is 1. The molecular weight excluding hydrogens is 421 g/mol. The summed E-state index contributed by atoms with van der Waals surface area (Å²) in [6.45, 7) is -1.15. The third-order valence-corrected chi connectivity index (χ3v) is 4.89. The molecule has 0 aliphatic carbocycles. The summed E-state index contributed by atoms with van der Waals surface area (Å²) in [4.78, 5) is 37.2. The maximum atomic E-state index is 12.3. The fourth-order valence-corrected chi connectivity index (χ4v) is 3.42. The minimum absolute atomic E-state index is 0.212. The number of alkyl halides is 3. The zero-order valence-electron chi connectivity index (χ0n) is 15.5. The first-order valence-corrected chi connectivity index (χ1v) is 9.88. The van der Waals surface area contributed by atoms with Crippen LogP contribution in [0.1, 0.15) is 26.5 Å². The number of aromatic nitrogens is 2. The average Bonchev–Trinajstić information content (AvgIpc) is 2.94. The number of thioether (sulfide) groups is 1. The quantitative estimate of drug-likeness (QED) is 0.295. The van der Waals surface area contributed by atoms with E-state index >= 15 is 0 Å². The Morgan fingerprint density at radius 3 is 2.47 bits per heavy atom. The summed E-state index contributed by atoms with van der Waals surface area (Å²) in [7, 11) is 0. The van der Waals surface area contributed by atoms with Gasteiger partial charge in [0.15, 0.2) is 5.96 Å². The van der Waals surface area contributed by atoms with Crippen LogP contribution in [0.3, 0.4) is 0 Å². The van der Waals surface area contributed by atoms with Crippen LogP contribution in [0.2, 0.25) is 0 Å². The molecule has 0 atom stereocenters. The summed E-state index contributed by atoms with van der Waals surface area (Å²) in [5, 5.41) is 2.48. The first-order chi connectivity index (χ1) is 14.2. The van der Waals surface area contributed by atoms with Crippen LogP contribution in [0.4, 0.5) is 19.0 Å². The molecular formula is C18H17F3N6O2S. The SMILES string of the molecule is N/C(=N/CC(F)(F)F)Nc1ccnc(CSCCN2C(=O)c3ccccc3C2=O)n1. The van der Waals surface area contributed by atoms with Crippen LogP contribution >= 0.6 is 11.8 Å². The van der Waals surface area contributed by atoms with Crippen molar-refractivity contribution in [2.24, 2.45) is 10.7 Å². The van der Waals surface area contributed by atoms with Gasteiger partial charge in [-0.05, 0) is 18.2 Å². The van der Waals surface area contributed by atoms with E-state index in [1.807, 2.05) is 0 Å². The second-order valence-corrected chi connectivity index (χ2v) is 7.27. The van der Waals surface area contributed by atoms with Gasteiger partial charge in [-0.2, -0.15) is 24.9 Å². The number of carbonyl (C=O) groups excluding carboxylic acids is 2. The van der Waals surface area contributed by atoms with Crippen LogP contribution in [0.25, 0.3) is 0 Å². The Kier molecular flexibility index (Phi) is 6.55. The van der Waals surface area contributed by atoms with Gasteiger partial charge in [0.2, 0.25) is 0 Å². The number of aliphatic imine (C=N–C) groups is 1. The number of fused-ring (bicyclic) bond motifs is 1. The number of halogens is 3. The molecule has 0 radical (unpaired) electrons. The summed E-state index contributed by atoms with van der Waals surface area (Å²) in [5.41, 5.74) is 6.23. The number of nitrogens with one attached hydrogen (secondary N) is 1. The molecule has 8 nitrogen and oxygen atoms in total. The van der Waals surface area contributed by atoms with E-state index in [1.54, 1.807) is 24.3 Å². The van der Waals surface area contributed by atoms with E-state index in [9.17, 15) is 22.8 Å². The average molecular weight is 438 g/mol. The number of nitrogens with zero attached hydrogens (tertiary/aromatic N) is 4. The summed E-state index contributed by atoms with van der Waals surface area (Å²) >= 11 is 1.41. The number of nitrogens with two attached hydrogens (primary N) is 1. The minimum Gasteiger partial charge on any atom is -0.370 e. The first-order valence-electron chi connectivity index (χ1n) is 8.73. The van der Waals surface area contributed by atoms with Crippen LogP contribution in [0.5, 0.6) is 0 Å². The van der Waals surface area contributed by atoms with Crippen LogP contribution in [0.15, 0.2) is 41.5 Å². The van der Waals surface area contributed by atoms with Crippen molar-refractivity contribution in [1.29, 1.82) is 0 Å². The molecule has 1 aliphatic rings. The molecule has 3 rings (SSSR count). The molecule has 1 aliphatic heterocycles. The predicted molar refractivity (Wildman–Crippen MR) is 106 cm³/mol. The molecule has 0 fully saturated rings.